The van der Waals surface area contributed by atoms with Gasteiger partial charge in [0.15, 0.2) is 5.78 Å². The minimum Gasteiger partial charge on any atom is -0.497 e. The Morgan fingerprint density at radius 1 is 0.722 bits per heavy atom. The lowest BCUT2D eigenvalue weighted by atomic mass is 9.73. The Bertz CT molecular complexity index is 1300. The van der Waals surface area contributed by atoms with Crippen LogP contribution < -0.4 is 9.47 Å². The van der Waals surface area contributed by atoms with E-state index >= 15 is 0 Å². The Hall–Kier alpha value is -3.89. The highest BCUT2D eigenvalue weighted by molar-refractivity contribution is 6.00. The smallest absolute Gasteiger partial charge is 0.169 e. The summed E-state index contributed by atoms with van der Waals surface area (Å²) in [7, 11) is 3.22. The molecule has 4 atom stereocenters. The van der Waals surface area contributed by atoms with Crippen molar-refractivity contribution in [3.63, 3.8) is 0 Å². The molecule has 4 nitrogen and oxygen atoms in total. The summed E-state index contributed by atoms with van der Waals surface area (Å²) < 4.78 is 10.6. The molecule has 0 aliphatic heterocycles. The highest BCUT2D eigenvalue weighted by Crippen LogP contribution is 2.59. The molecule has 0 heterocycles. The van der Waals surface area contributed by atoms with E-state index < -0.39 is 11.5 Å². The number of ketones is 1. The Labute approximate surface area is 212 Å². The maximum absolute atomic E-state index is 14.3. The maximum Gasteiger partial charge on any atom is 0.169 e. The van der Waals surface area contributed by atoms with E-state index in [0.29, 0.717) is 23.5 Å². The molecule has 0 radical (unpaired) electrons. The van der Waals surface area contributed by atoms with Crippen molar-refractivity contribution in [1.82, 2.24) is 0 Å². The average molecular weight is 479 g/mol. The van der Waals surface area contributed by atoms with Crippen molar-refractivity contribution in [2.45, 2.75) is 23.9 Å². The van der Waals surface area contributed by atoms with Gasteiger partial charge >= 0.3 is 0 Å². The molecule has 0 amide bonds. The van der Waals surface area contributed by atoms with Crippen LogP contribution in [0.4, 0.5) is 0 Å². The fourth-order valence-electron chi connectivity index (χ4n) is 5.74. The zero-order valence-electron chi connectivity index (χ0n) is 20.5. The molecule has 0 saturated heterocycles. The summed E-state index contributed by atoms with van der Waals surface area (Å²) >= 11 is 0. The van der Waals surface area contributed by atoms with Crippen molar-refractivity contribution >= 4 is 5.78 Å². The molecule has 0 bridgehead atoms. The number of methoxy groups -OCH3 is 2. The normalized spacial score (nSPS) is 23.2. The maximum atomic E-state index is 14.3. The molecule has 1 saturated carbocycles. The average Bonchev–Trinajstić information content (AvgIpc) is 3.28. The minimum absolute atomic E-state index is 0.0482. The minimum atomic E-state index is -1.37. The number of Topliss-reactive ketones (excluding diaryl/α,β-unsaturated/α-hetero) is 1. The molecule has 1 fully saturated rings. The summed E-state index contributed by atoms with van der Waals surface area (Å²) in [5, 5.41) is 12.5. The van der Waals surface area contributed by atoms with Crippen molar-refractivity contribution in [3.05, 3.63) is 131 Å². The zero-order valence-corrected chi connectivity index (χ0v) is 20.5. The van der Waals surface area contributed by atoms with Gasteiger partial charge in [-0.2, -0.15) is 0 Å². The van der Waals surface area contributed by atoms with Crippen molar-refractivity contribution in [2.75, 3.05) is 14.2 Å². The first-order valence-corrected chi connectivity index (χ1v) is 12.2. The lowest BCUT2D eigenvalue weighted by molar-refractivity contribution is -0.000278. The Balaban J connectivity index is 1.69. The van der Waals surface area contributed by atoms with Crippen molar-refractivity contribution in [1.29, 1.82) is 0 Å². The van der Waals surface area contributed by atoms with Gasteiger partial charge in [-0.1, -0.05) is 72.8 Å². The van der Waals surface area contributed by atoms with Crippen molar-refractivity contribution < 1.29 is 19.4 Å². The number of hydrogen-bond acceptors (Lipinski definition) is 4. The van der Waals surface area contributed by atoms with Gasteiger partial charge in [-0.25, -0.2) is 0 Å². The van der Waals surface area contributed by atoms with E-state index in [4.69, 9.17) is 9.47 Å². The molecular weight excluding hydrogens is 448 g/mol. The summed E-state index contributed by atoms with van der Waals surface area (Å²) in [6.45, 7) is 0. The van der Waals surface area contributed by atoms with E-state index in [1.165, 1.54) is 0 Å². The van der Waals surface area contributed by atoms with E-state index in [1.54, 1.807) is 38.5 Å². The van der Waals surface area contributed by atoms with Crippen LogP contribution in [0.15, 0.2) is 109 Å². The third kappa shape index (κ3) is 4.29. The van der Waals surface area contributed by atoms with Gasteiger partial charge in [-0.05, 0) is 65.4 Å². The molecule has 36 heavy (non-hydrogen) atoms. The third-order valence-corrected chi connectivity index (χ3v) is 7.50. The lowest BCUT2D eigenvalue weighted by Crippen LogP contribution is -2.38. The van der Waals surface area contributed by atoms with Gasteiger partial charge in [0, 0.05) is 11.5 Å². The summed E-state index contributed by atoms with van der Waals surface area (Å²) in [6, 6.07) is 34.9. The number of carbonyl (C=O) groups is 1. The fraction of sp³-hybridized carbons (Fsp3) is 0.219. The highest BCUT2D eigenvalue weighted by Gasteiger charge is 2.57. The summed E-state index contributed by atoms with van der Waals surface area (Å²) in [5.41, 5.74) is 2.06. The summed E-state index contributed by atoms with van der Waals surface area (Å²) in [5.74, 6) is 0.362. The van der Waals surface area contributed by atoms with Crippen LogP contribution in [0.2, 0.25) is 0 Å². The molecule has 1 N–H and O–H groups in total. The largest absolute Gasteiger partial charge is 0.497 e. The first-order valence-electron chi connectivity index (χ1n) is 12.2. The third-order valence-electron chi connectivity index (χ3n) is 7.50. The predicted octanol–water partition coefficient (Wildman–Crippen LogP) is 6.36. The second kappa shape index (κ2) is 10.00. The summed E-state index contributed by atoms with van der Waals surface area (Å²) in [4.78, 5) is 14.3. The first kappa shape index (κ1) is 23.8. The van der Waals surface area contributed by atoms with Crippen LogP contribution in [0.25, 0.3) is 0 Å². The van der Waals surface area contributed by atoms with Gasteiger partial charge in [0.25, 0.3) is 0 Å². The molecule has 1 aliphatic carbocycles. The van der Waals surface area contributed by atoms with Gasteiger partial charge in [-0.15, -0.1) is 0 Å². The molecule has 0 unspecified atom stereocenters. The van der Waals surface area contributed by atoms with E-state index in [-0.39, 0.29) is 17.6 Å². The molecule has 4 aromatic rings. The Kier molecular flexibility index (Phi) is 6.62. The van der Waals surface area contributed by atoms with Gasteiger partial charge in [-0.3, -0.25) is 4.79 Å². The van der Waals surface area contributed by atoms with Crippen LogP contribution in [-0.2, 0) is 5.60 Å². The Morgan fingerprint density at radius 3 is 1.75 bits per heavy atom. The standard InChI is InChI=1S/C32H30O4/c1-35-26-17-13-24(14-18-26)31(33)30-29(23-11-7-4-8-12-23)28(22-9-5-3-6-10-22)21-32(30,34)25-15-19-27(36-2)20-16-25/h3-20,28-30,34H,21H2,1-2H3/t28-,29-,30-,32+/m1/s1. The van der Waals surface area contributed by atoms with Gasteiger partial charge < -0.3 is 14.6 Å². The van der Waals surface area contributed by atoms with E-state index in [2.05, 4.69) is 24.3 Å². The number of hydrogen-bond donors (Lipinski definition) is 1. The molecule has 5 rings (SSSR count). The topological polar surface area (TPSA) is 55.8 Å². The number of ether oxygens (including phenoxy) is 2. The van der Waals surface area contributed by atoms with E-state index in [9.17, 15) is 9.90 Å². The molecule has 0 aromatic heterocycles. The quantitative estimate of drug-likeness (QED) is 0.314. The lowest BCUT2D eigenvalue weighted by Gasteiger charge is -2.33. The predicted molar refractivity (Wildman–Crippen MR) is 141 cm³/mol. The molecule has 4 heteroatoms. The number of benzene rings is 4. The molecular formula is C32H30O4. The molecule has 4 aromatic carbocycles. The fourth-order valence-corrected chi connectivity index (χ4v) is 5.74. The van der Waals surface area contributed by atoms with Crippen molar-refractivity contribution in [3.8, 4) is 11.5 Å². The SMILES string of the molecule is COc1ccc(C(=O)[C@H]2[C@H](c3ccccc3)[C@@H](c3ccccc3)C[C@]2(O)c2ccc(OC)cc2)cc1. The Morgan fingerprint density at radius 2 is 1.22 bits per heavy atom. The first-order chi connectivity index (χ1) is 17.5. The second-order valence-corrected chi connectivity index (χ2v) is 9.38. The van der Waals surface area contributed by atoms with Gasteiger partial charge in [0.1, 0.15) is 17.1 Å². The molecule has 1 aliphatic rings. The van der Waals surface area contributed by atoms with Crippen LogP contribution in [0.1, 0.15) is 45.3 Å². The number of aliphatic hydroxyl groups is 1. The van der Waals surface area contributed by atoms with Crippen LogP contribution in [0.3, 0.4) is 0 Å². The molecule has 0 spiro atoms. The van der Waals surface area contributed by atoms with Crippen LogP contribution >= 0.6 is 0 Å². The second-order valence-electron chi connectivity index (χ2n) is 9.38. The number of carbonyl (C=O) groups excluding carboxylic acids is 1. The van der Waals surface area contributed by atoms with Crippen LogP contribution in [0.5, 0.6) is 11.5 Å². The summed E-state index contributed by atoms with van der Waals surface area (Å²) in [6.07, 6.45) is 0.426. The van der Waals surface area contributed by atoms with E-state index in [0.717, 1.165) is 16.7 Å². The zero-order chi connectivity index (χ0) is 25.1. The van der Waals surface area contributed by atoms with Crippen molar-refractivity contribution in [2.24, 2.45) is 5.92 Å². The van der Waals surface area contributed by atoms with Gasteiger partial charge in [0.2, 0.25) is 0 Å². The van der Waals surface area contributed by atoms with Gasteiger partial charge in [0.05, 0.1) is 20.1 Å². The monoisotopic (exact) mass is 478 g/mol. The highest BCUT2D eigenvalue weighted by atomic mass is 16.5. The van der Waals surface area contributed by atoms with Crippen LogP contribution in [-0.4, -0.2) is 25.1 Å². The van der Waals surface area contributed by atoms with E-state index in [1.807, 2.05) is 60.7 Å². The van der Waals surface area contributed by atoms with Crippen LogP contribution in [0, 0.1) is 5.92 Å². The number of rotatable bonds is 7. The molecule has 182 valence electrons.